The number of esters is 1. The normalized spacial score (nSPS) is 12.4. The zero-order valence-corrected chi connectivity index (χ0v) is 17.5. The standard InChI is InChI=1S/C21H26N2O5S/c1-15(2)12-19(16-8-5-4-6-9-16)23-20(24)14-28-21(25)17-10-7-11-18(13-17)29(26,27)22-3/h4-11,13,15,19,22H,12,14H2,1-3H3,(H,23,24)/t19-/m0/s1. The number of carbonyl (C=O) groups is 2. The van der Waals surface area contributed by atoms with E-state index in [0.29, 0.717) is 5.92 Å². The van der Waals surface area contributed by atoms with Crippen molar-refractivity contribution in [3.05, 3.63) is 65.7 Å². The molecule has 0 saturated heterocycles. The second-order valence-corrected chi connectivity index (χ2v) is 8.86. The van der Waals surface area contributed by atoms with E-state index in [1.165, 1.54) is 31.3 Å². The maximum Gasteiger partial charge on any atom is 0.338 e. The van der Waals surface area contributed by atoms with Crippen LogP contribution in [0.4, 0.5) is 0 Å². The summed E-state index contributed by atoms with van der Waals surface area (Å²) in [5.74, 6) is -0.833. The molecule has 2 N–H and O–H groups in total. The van der Waals surface area contributed by atoms with E-state index in [9.17, 15) is 18.0 Å². The fourth-order valence-electron chi connectivity index (χ4n) is 2.79. The smallest absolute Gasteiger partial charge is 0.338 e. The lowest BCUT2D eigenvalue weighted by Crippen LogP contribution is -2.33. The monoisotopic (exact) mass is 418 g/mol. The average Bonchev–Trinajstić information content (AvgIpc) is 2.72. The van der Waals surface area contributed by atoms with E-state index in [1.807, 2.05) is 30.3 Å². The topological polar surface area (TPSA) is 102 Å². The first kappa shape index (κ1) is 22.6. The summed E-state index contributed by atoms with van der Waals surface area (Å²) >= 11 is 0. The Morgan fingerprint density at radius 1 is 1.03 bits per heavy atom. The first-order valence-electron chi connectivity index (χ1n) is 9.28. The Morgan fingerprint density at radius 3 is 2.34 bits per heavy atom. The molecule has 156 valence electrons. The van der Waals surface area contributed by atoms with Gasteiger partial charge >= 0.3 is 5.97 Å². The Kier molecular flexibility index (Phi) is 7.92. The molecule has 0 bridgehead atoms. The summed E-state index contributed by atoms with van der Waals surface area (Å²) < 4.78 is 31.0. The molecular weight excluding hydrogens is 392 g/mol. The van der Waals surface area contributed by atoms with Gasteiger partial charge < -0.3 is 10.1 Å². The third kappa shape index (κ3) is 6.69. The molecule has 0 heterocycles. The third-order valence-electron chi connectivity index (χ3n) is 4.23. The molecule has 2 rings (SSSR count). The molecule has 2 aromatic rings. The van der Waals surface area contributed by atoms with Crippen molar-refractivity contribution in [2.45, 2.75) is 31.2 Å². The van der Waals surface area contributed by atoms with E-state index in [-0.39, 0.29) is 16.5 Å². The first-order valence-corrected chi connectivity index (χ1v) is 10.8. The van der Waals surface area contributed by atoms with Crippen LogP contribution in [-0.2, 0) is 19.6 Å². The minimum Gasteiger partial charge on any atom is -0.452 e. The minimum atomic E-state index is -3.68. The molecule has 0 aromatic heterocycles. The van der Waals surface area contributed by atoms with Crippen LogP contribution in [0.25, 0.3) is 0 Å². The Morgan fingerprint density at radius 2 is 1.72 bits per heavy atom. The van der Waals surface area contributed by atoms with Crippen LogP contribution in [0.3, 0.4) is 0 Å². The van der Waals surface area contributed by atoms with Crippen molar-refractivity contribution in [2.24, 2.45) is 5.92 Å². The summed E-state index contributed by atoms with van der Waals surface area (Å²) in [5.41, 5.74) is 1.03. The van der Waals surface area contributed by atoms with Gasteiger partial charge in [0, 0.05) is 0 Å². The van der Waals surface area contributed by atoms with Crippen LogP contribution in [0.15, 0.2) is 59.5 Å². The second-order valence-electron chi connectivity index (χ2n) is 6.97. The largest absolute Gasteiger partial charge is 0.452 e. The predicted molar refractivity (Wildman–Crippen MR) is 110 cm³/mol. The van der Waals surface area contributed by atoms with Crippen molar-refractivity contribution in [3.8, 4) is 0 Å². The lowest BCUT2D eigenvalue weighted by Gasteiger charge is -2.21. The van der Waals surface area contributed by atoms with Gasteiger partial charge in [-0.1, -0.05) is 50.2 Å². The van der Waals surface area contributed by atoms with Crippen molar-refractivity contribution in [3.63, 3.8) is 0 Å². The SMILES string of the molecule is CNS(=O)(=O)c1cccc(C(=O)OCC(=O)N[C@@H](CC(C)C)c2ccccc2)c1. The molecule has 8 heteroatoms. The molecular formula is C21H26N2O5S. The van der Waals surface area contributed by atoms with E-state index < -0.39 is 28.5 Å². The molecule has 0 aliphatic heterocycles. The Labute approximate surface area is 171 Å². The Bertz CT molecular complexity index is 943. The van der Waals surface area contributed by atoms with E-state index >= 15 is 0 Å². The minimum absolute atomic E-state index is 0.0518. The molecule has 0 aliphatic carbocycles. The lowest BCUT2D eigenvalue weighted by atomic mass is 9.97. The number of benzene rings is 2. The highest BCUT2D eigenvalue weighted by Gasteiger charge is 2.19. The Hall–Kier alpha value is -2.71. The van der Waals surface area contributed by atoms with Gasteiger partial charge in [-0.3, -0.25) is 4.79 Å². The van der Waals surface area contributed by atoms with Gasteiger partial charge in [-0.25, -0.2) is 17.9 Å². The van der Waals surface area contributed by atoms with E-state index in [0.717, 1.165) is 12.0 Å². The van der Waals surface area contributed by atoms with Gasteiger partial charge in [-0.05, 0) is 43.1 Å². The number of ether oxygens (including phenoxy) is 1. The number of nitrogens with one attached hydrogen (secondary N) is 2. The number of rotatable bonds is 9. The summed E-state index contributed by atoms with van der Waals surface area (Å²) in [5, 5.41) is 2.89. The zero-order chi connectivity index (χ0) is 21.4. The van der Waals surface area contributed by atoms with E-state index in [4.69, 9.17) is 4.74 Å². The van der Waals surface area contributed by atoms with Crippen LogP contribution in [0.2, 0.25) is 0 Å². The highest BCUT2D eigenvalue weighted by atomic mass is 32.2. The summed E-state index contributed by atoms with van der Waals surface area (Å²) in [7, 11) is -2.40. The molecule has 0 radical (unpaired) electrons. The van der Waals surface area contributed by atoms with Crippen molar-refractivity contribution in [2.75, 3.05) is 13.7 Å². The van der Waals surface area contributed by atoms with Gasteiger partial charge in [0.1, 0.15) is 0 Å². The first-order chi connectivity index (χ1) is 13.7. The van der Waals surface area contributed by atoms with Crippen molar-refractivity contribution in [1.29, 1.82) is 0 Å². The van der Waals surface area contributed by atoms with Gasteiger partial charge in [0.25, 0.3) is 5.91 Å². The molecule has 29 heavy (non-hydrogen) atoms. The van der Waals surface area contributed by atoms with Gasteiger partial charge in [0.2, 0.25) is 10.0 Å². The predicted octanol–water partition coefficient (Wildman–Crippen LogP) is 2.66. The van der Waals surface area contributed by atoms with Crippen LogP contribution in [0, 0.1) is 5.92 Å². The molecule has 7 nitrogen and oxygen atoms in total. The van der Waals surface area contributed by atoms with Gasteiger partial charge in [0.05, 0.1) is 16.5 Å². The number of sulfonamides is 1. The van der Waals surface area contributed by atoms with Crippen molar-refractivity contribution < 1.29 is 22.7 Å². The van der Waals surface area contributed by atoms with Crippen LogP contribution < -0.4 is 10.0 Å². The van der Waals surface area contributed by atoms with Gasteiger partial charge in [-0.2, -0.15) is 0 Å². The van der Waals surface area contributed by atoms with Crippen molar-refractivity contribution >= 4 is 21.9 Å². The molecule has 1 amide bonds. The highest BCUT2D eigenvalue weighted by Crippen LogP contribution is 2.21. The number of hydrogen-bond acceptors (Lipinski definition) is 5. The van der Waals surface area contributed by atoms with Gasteiger partial charge in [-0.15, -0.1) is 0 Å². The second kappa shape index (κ2) is 10.2. The molecule has 1 atom stereocenters. The van der Waals surface area contributed by atoms with Crippen LogP contribution in [-0.4, -0.2) is 33.9 Å². The molecule has 0 unspecified atom stereocenters. The van der Waals surface area contributed by atoms with Crippen molar-refractivity contribution in [1.82, 2.24) is 10.0 Å². The number of carbonyl (C=O) groups excluding carboxylic acids is 2. The summed E-state index contributed by atoms with van der Waals surface area (Å²) in [6, 6.07) is 14.8. The summed E-state index contributed by atoms with van der Waals surface area (Å²) in [6.45, 7) is 3.67. The Balaban J connectivity index is 2.00. The van der Waals surface area contributed by atoms with Crippen LogP contribution in [0.5, 0.6) is 0 Å². The molecule has 2 aromatic carbocycles. The molecule has 0 saturated carbocycles. The lowest BCUT2D eigenvalue weighted by molar-refractivity contribution is -0.125. The van der Waals surface area contributed by atoms with E-state index in [2.05, 4.69) is 23.9 Å². The zero-order valence-electron chi connectivity index (χ0n) is 16.7. The van der Waals surface area contributed by atoms with Crippen LogP contribution in [0.1, 0.15) is 42.2 Å². The molecule has 0 aliphatic rings. The maximum absolute atomic E-state index is 12.3. The number of hydrogen-bond donors (Lipinski definition) is 2. The molecule has 0 fully saturated rings. The van der Waals surface area contributed by atoms with Gasteiger partial charge in [0.15, 0.2) is 6.61 Å². The van der Waals surface area contributed by atoms with Crippen LogP contribution >= 0.6 is 0 Å². The fourth-order valence-corrected chi connectivity index (χ4v) is 3.57. The molecule has 0 spiro atoms. The fraction of sp³-hybridized carbons (Fsp3) is 0.333. The third-order valence-corrected chi connectivity index (χ3v) is 5.64. The van der Waals surface area contributed by atoms with E-state index in [1.54, 1.807) is 0 Å². The highest BCUT2D eigenvalue weighted by molar-refractivity contribution is 7.89. The maximum atomic E-state index is 12.3. The summed E-state index contributed by atoms with van der Waals surface area (Å²) in [6.07, 6.45) is 0.744. The summed E-state index contributed by atoms with van der Waals surface area (Å²) in [4.78, 5) is 24.5. The quantitative estimate of drug-likeness (QED) is 0.610. The average molecular weight is 419 g/mol. The number of amides is 1.